The van der Waals surface area contributed by atoms with Gasteiger partial charge in [-0.2, -0.15) is 5.26 Å². The highest BCUT2D eigenvalue weighted by Crippen LogP contribution is 2.37. The van der Waals surface area contributed by atoms with Crippen molar-refractivity contribution in [3.8, 4) is 11.8 Å². The second-order valence-electron chi connectivity index (χ2n) is 4.85. The zero-order chi connectivity index (χ0) is 13.2. The lowest BCUT2D eigenvalue weighted by Gasteiger charge is -2.36. The molecule has 3 nitrogen and oxygen atoms in total. The van der Waals surface area contributed by atoms with Crippen LogP contribution in [0.15, 0.2) is 18.2 Å². The van der Waals surface area contributed by atoms with Crippen LogP contribution in [0.25, 0.3) is 0 Å². The second-order valence-corrected chi connectivity index (χ2v) is 5.25. The van der Waals surface area contributed by atoms with Gasteiger partial charge >= 0.3 is 0 Å². The van der Waals surface area contributed by atoms with Crippen molar-refractivity contribution in [1.82, 2.24) is 4.90 Å². The highest BCUT2D eigenvalue weighted by molar-refractivity contribution is 6.32. The molecule has 0 atom stereocenters. The molecule has 96 valence electrons. The van der Waals surface area contributed by atoms with Gasteiger partial charge in [-0.25, -0.2) is 0 Å². The van der Waals surface area contributed by atoms with E-state index >= 15 is 0 Å². The minimum Gasteiger partial charge on any atom is -0.495 e. The number of piperidine rings is 1. The topological polar surface area (TPSA) is 36.3 Å². The number of rotatable bonds is 2. The second kappa shape index (κ2) is 5.17. The Morgan fingerprint density at radius 2 is 2.06 bits per heavy atom. The lowest BCUT2D eigenvalue weighted by atomic mass is 9.74. The molecular weight excluding hydrogens is 248 g/mol. The maximum absolute atomic E-state index is 9.56. The fourth-order valence-electron chi connectivity index (χ4n) is 2.43. The normalized spacial score (nSPS) is 19.2. The van der Waals surface area contributed by atoms with Crippen LogP contribution in [0, 0.1) is 11.3 Å². The summed E-state index contributed by atoms with van der Waals surface area (Å²) in [6, 6.07) is 8.16. The molecule has 1 heterocycles. The lowest BCUT2D eigenvalue weighted by molar-refractivity contribution is 0.222. The minimum atomic E-state index is -0.400. The molecule has 18 heavy (non-hydrogen) atoms. The number of halogens is 1. The molecule has 0 aliphatic carbocycles. The highest BCUT2D eigenvalue weighted by atomic mass is 35.5. The number of hydrogen-bond acceptors (Lipinski definition) is 3. The molecule has 1 aliphatic heterocycles. The maximum Gasteiger partial charge on any atom is 0.137 e. The number of methoxy groups -OCH3 is 1. The van der Waals surface area contributed by atoms with E-state index in [9.17, 15) is 5.26 Å². The largest absolute Gasteiger partial charge is 0.495 e. The van der Waals surface area contributed by atoms with Gasteiger partial charge in [-0.1, -0.05) is 17.7 Å². The molecule has 0 unspecified atom stereocenters. The van der Waals surface area contributed by atoms with E-state index in [1.165, 1.54) is 0 Å². The molecule has 1 fully saturated rings. The third-order valence-corrected chi connectivity index (χ3v) is 4.05. The first-order chi connectivity index (χ1) is 8.61. The quantitative estimate of drug-likeness (QED) is 0.824. The first-order valence-electron chi connectivity index (χ1n) is 6.05. The Labute approximate surface area is 113 Å². The van der Waals surface area contributed by atoms with Crippen LogP contribution >= 0.6 is 11.6 Å². The van der Waals surface area contributed by atoms with Crippen molar-refractivity contribution in [3.63, 3.8) is 0 Å². The lowest BCUT2D eigenvalue weighted by Crippen LogP contribution is -2.39. The number of benzene rings is 1. The zero-order valence-corrected chi connectivity index (χ0v) is 11.5. The van der Waals surface area contributed by atoms with Crippen LogP contribution in [-0.4, -0.2) is 32.1 Å². The van der Waals surface area contributed by atoms with Crippen LogP contribution < -0.4 is 4.74 Å². The number of nitrogens with zero attached hydrogens (tertiary/aromatic N) is 2. The van der Waals surface area contributed by atoms with Crippen molar-refractivity contribution < 1.29 is 4.74 Å². The van der Waals surface area contributed by atoms with Gasteiger partial charge in [-0.05, 0) is 50.7 Å². The van der Waals surface area contributed by atoms with E-state index in [1.807, 2.05) is 18.2 Å². The molecule has 0 amide bonds. The van der Waals surface area contributed by atoms with Crippen molar-refractivity contribution >= 4 is 11.6 Å². The predicted molar refractivity (Wildman–Crippen MR) is 72.0 cm³/mol. The first kappa shape index (κ1) is 13.2. The van der Waals surface area contributed by atoms with E-state index in [0.29, 0.717) is 10.8 Å². The van der Waals surface area contributed by atoms with E-state index in [0.717, 1.165) is 31.5 Å². The Bertz CT molecular complexity index is 473. The van der Waals surface area contributed by atoms with Gasteiger partial charge in [0.15, 0.2) is 0 Å². The van der Waals surface area contributed by atoms with E-state index < -0.39 is 5.41 Å². The average Bonchev–Trinajstić information content (AvgIpc) is 2.40. The number of ether oxygens (including phenoxy) is 1. The van der Waals surface area contributed by atoms with Gasteiger partial charge in [-0.15, -0.1) is 0 Å². The average molecular weight is 265 g/mol. The monoisotopic (exact) mass is 264 g/mol. The third kappa shape index (κ3) is 2.31. The fourth-order valence-corrected chi connectivity index (χ4v) is 2.69. The summed E-state index contributed by atoms with van der Waals surface area (Å²) in [5.74, 6) is 0.654. The van der Waals surface area contributed by atoms with Crippen LogP contribution in [0.3, 0.4) is 0 Å². The van der Waals surface area contributed by atoms with Crippen LogP contribution in [0.2, 0.25) is 5.02 Å². The summed E-state index contributed by atoms with van der Waals surface area (Å²) in [6.45, 7) is 1.88. The van der Waals surface area contributed by atoms with Gasteiger partial charge in [0.1, 0.15) is 5.75 Å². The molecule has 0 saturated carbocycles. The molecular formula is C14H17ClN2O. The highest BCUT2D eigenvalue weighted by Gasteiger charge is 2.35. The molecule has 1 aliphatic rings. The molecule has 1 aromatic carbocycles. The predicted octanol–water partition coefficient (Wildman–Crippen LogP) is 2.84. The molecule has 0 aromatic heterocycles. The van der Waals surface area contributed by atoms with Crippen LogP contribution in [0.1, 0.15) is 18.4 Å². The Morgan fingerprint density at radius 3 is 2.56 bits per heavy atom. The number of likely N-dealkylation sites (tertiary alicyclic amines) is 1. The molecule has 0 spiro atoms. The summed E-state index contributed by atoms with van der Waals surface area (Å²) in [5.41, 5.74) is 0.603. The summed E-state index contributed by atoms with van der Waals surface area (Å²) in [7, 11) is 3.68. The standard InChI is InChI=1S/C14H17ClN2O/c1-17-7-5-14(10-16,6-8-17)11-3-4-13(18-2)12(15)9-11/h3-4,9H,5-8H2,1-2H3. The molecule has 2 rings (SSSR count). The van der Waals surface area contributed by atoms with Gasteiger partial charge in [0, 0.05) is 0 Å². The van der Waals surface area contributed by atoms with Gasteiger partial charge in [-0.3, -0.25) is 0 Å². The fraction of sp³-hybridized carbons (Fsp3) is 0.500. The summed E-state index contributed by atoms with van der Waals surface area (Å²) < 4.78 is 5.15. The number of hydrogen-bond donors (Lipinski definition) is 0. The Morgan fingerprint density at radius 1 is 1.39 bits per heavy atom. The van der Waals surface area contributed by atoms with Gasteiger partial charge in [0.25, 0.3) is 0 Å². The molecule has 0 radical (unpaired) electrons. The minimum absolute atomic E-state index is 0.400. The summed E-state index contributed by atoms with van der Waals surface area (Å²) in [6.07, 6.45) is 1.70. The van der Waals surface area contributed by atoms with Crippen molar-refractivity contribution in [2.45, 2.75) is 18.3 Å². The zero-order valence-electron chi connectivity index (χ0n) is 10.7. The molecule has 1 saturated heterocycles. The SMILES string of the molecule is COc1ccc(C2(C#N)CCN(C)CC2)cc1Cl. The molecule has 0 N–H and O–H groups in total. The van der Waals surface area contributed by atoms with E-state index in [2.05, 4.69) is 18.0 Å². The van der Waals surface area contributed by atoms with E-state index in [-0.39, 0.29) is 0 Å². The molecule has 1 aromatic rings. The van der Waals surface area contributed by atoms with E-state index in [1.54, 1.807) is 7.11 Å². The van der Waals surface area contributed by atoms with Gasteiger partial charge in [0.2, 0.25) is 0 Å². The van der Waals surface area contributed by atoms with Crippen molar-refractivity contribution in [1.29, 1.82) is 5.26 Å². The molecule has 0 bridgehead atoms. The summed E-state index contributed by atoms with van der Waals surface area (Å²) in [4.78, 5) is 2.25. The van der Waals surface area contributed by atoms with Crippen molar-refractivity contribution in [2.75, 3.05) is 27.2 Å². The Kier molecular flexibility index (Phi) is 3.79. The maximum atomic E-state index is 9.56. The Hall–Kier alpha value is -1.24. The third-order valence-electron chi connectivity index (χ3n) is 3.76. The van der Waals surface area contributed by atoms with Crippen LogP contribution in [0.5, 0.6) is 5.75 Å². The van der Waals surface area contributed by atoms with Crippen molar-refractivity contribution in [3.05, 3.63) is 28.8 Å². The van der Waals surface area contributed by atoms with Crippen molar-refractivity contribution in [2.24, 2.45) is 0 Å². The smallest absolute Gasteiger partial charge is 0.137 e. The van der Waals surface area contributed by atoms with E-state index in [4.69, 9.17) is 16.3 Å². The van der Waals surface area contributed by atoms with Crippen LogP contribution in [-0.2, 0) is 5.41 Å². The summed E-state index contributed by atoms with van der Waals surface area (Å²) in [5, 5.41) is 10.1. The Balaban J connectivity index is 2.34. The first-order valence-corrected chi connectivity index (χ1v) is 6.43. The van der Waals surface area contributed by atoms with Gasteiger partial charge in [0.05, 0.1) is 23.6 Å². The summed E-state index contributed by atoms with van der Waals surface area (Å²) >= 11 is 6.15. The van der Waals surface area contributed by atoms with Crippen LogP contribution in [0.4, 0.5) is 0 Å². The number of nitriles is 1. The van der Waals surface area contributed by atoms with Gasteiger partial charge < -0.3 is 9.64 Å². The molecule has 4 heteroatoms.